The Hall–Kier alpha value is -1.18. The van der Waals surface area contributed by atoms with E-state index in [1.54, 1.807) is 0 Å². The topological polar surface area (TPSA) is 15.3 Å². The van der Waals surface area contributed by atoms with E-state index in [-0.39, 0.29) is 0 Å². The van der Waals surface area contributed by atoms with Gasteiger partial charge in [-0.2, -0.15) is 0 Å². The quantitative estimate of drug-likeness (QED) is 0.707. The molecule has 0 saturated heterocycles. The first-order chi connectivity index (χ1) is 6.45. The molecule has 0 aromatic rings. The van der Waals surface area contributed by atoms with Crippen LogP contribution in [-0.4, -0.2) is 18.1 Å². The lowest BCUT2D eigenvalue weighted by molar-refractivity contribution is 0.388. The summed E-state index contributed by atoms with van der Waals surface area (Å²) in [5, 5.41) is 3.45. The van der Waals surface area contributed by atoms with Crippen LogP contribution in [0, 0.1) is 0 Å². The van der Waals surface area contributed by atoms with Gasteiger partial charge >= 0.3 is 0 Å². The van der Waals surface area contributed by atoms with E-state index in [4.69, 9.17) is 0 Å². The second-order valence-corrected chi connectivity index (χ2v) is 3.50. The highest BCUT2D eigenvalue weighted by Gasteiger charge is 2.04. The SMILES string of the molecule is C1=CCN(CNC2=CCCC2)C=C1. The van der Waals surface area contributed by atoms with Crippen molar-refractivity contribution in [2.45, 2.75) is 19.3 Å². The monoisotopic (exact) mass is 176 g/mol. The van der Waals surface area contributed by atoms with E-state index in [0.29, 0.717) is 0 Å². The molecule has 0 saturated carbocycles. The second kappa shape index (κ2) is 4.17. The summed E-state index contributed by atoms with van der Waals surface area (Å²) in [4.78, 5) is 2.26. The molecular weight excluding hydrogens is 160 g/mol. The minimum atomic E-state index is 0.937. The molecule has 1 N–H and O–H groups in total. The fourth-order valence-electron chi connectivity index (χ4n) is 1.66. The molecule has 70 valence electrons. The predicted molar refractivity (Wildman–Crippen MR) is 54.9 cm³/mol. The number of nitrogens with zero attached hydrogens (tertiary/aromatic N) is 1. The van der Waals surface area contributed by atoms with Crippen molar-refractivity contribution in [2.24, 2.45) is 0 Å². The number of rotatable bonds is 3. The van der Waals surface area contributed by atoms with Crippen LogP contribution in [0.2, 0.25) is 0 Å². The Morgan fingerprint density at radius 1 is 1.38 bits per heavy atom. The van der Waals surface area contributed by atoms with Crippen molar-refractivity contribution in [3.05, 3.63) is 36.2 Å². The summed E-state index contributed by atoms with van der Waals surface area (Å²) < 4.78 is 0. The summed E-state index contributed by atoms with van der Waals surface area (Å²) in [6.45, 7) is 1.96. The van der Waals surface area contributed by atoms with Gasteiger partial charge in [-0.15, -0.1) is 0 Å². The van der Waals surface area contributed by atoms with Gasteiger partial charge in [0.1, 0.15) is 0 Å². The summed E-state index contributed by atoms with van der Waals surface area (Å²) in [5.41, 5.74) is 1.42. The maximum atomic E-state index is 3.45. The van der Waals surface area contributed by atoms with Gasteiger partial charge in [-0.3, -0.25) is 0 Å². The summed E-state index contributed by atoms with van der Waals surface area (Å²) in [6, 6.07) is 0. The Bertz CT molecular complexity index is 251. The molecule has 1 heterocycles. The second-order valence-electron chi connectivity index (χ2n) is 3.50. The normalized spacial score (nSPS) is 20.6. The van der Waals surface area contributed by atoms with Gasteiger partial charge in [-0.25, -0.2) is 0 Å². The first kappa shape index (κ1) is 8.42. The molecule has 0 spiro atoms. The van der Waals surface area contributed by atoms with Crippen LogP contribution < -0.4 is 5.32 Å². The summed E-state index contributed by atoms with van der Waals surface area (Å²) >= 11 is 0. The van der Waals surface area contributed by atoms with Crippen LogP contribution in [0.25, 0.3) is 0 Å². The third-order valence-corrected chi connectivity index (χ3v) is 2.43. The van der Waals surface area contributed by atoms with Crippen LogP contribution >= 0.6 is 0 Å². The van der Waals surface area contributed by atoms with Crippen LogP contribution in [-0.2, 0) is 0 Å². The molecule has 0 radical (unpaired) electrons. The van der Waals surface area contributed by atoms with E-state index >= 15 is 0 Å². The lowest BCUT2D eigenvalue weighted by Gasteiger charge is -2.21. The number of allylic oxidation sites excluding steroid dienone is 4. The van der Waals surface area contributed by atoms with Crippen molar-refractivity contribution in [1.82, 2.24) is 10.2 Å². The molecule has 2 rings (SSSR count). The molecule has 0 aromatic heterocycles. The molecule has 0 unspecified atom stereocenters. The van der Waals surface area contributed by atoms with E-state index in [0.717, 1.165) is 13.2 Å². The molecule has 0 atom stereocenters. The van der Waals surface area contributed by atoms with E-state index in [2.05, 4.69) is 40.7 Å². The maximum Gasteiger partial charge on any atom is 0.0871 e. The smallest absolute Gasteiger partial charge is 0.0871 e. The Balaban J connectivity index is 1.73. The first-order valence-corrected chi connectivity index (χ1v) is 4.95. The van der Waals surface area contributed by atoms with Gasteiger partial charge in [0.2, 0.25) is 0 Å². The summed E-state index contributed by atoms with van der Waals surface area (Å²) in [7, 11) is 0. The van der Waals surface area contributed by atoms with Crippen molar-refractivity contribution in [3.63, 3.8) is 0 Å². The lowest BCUT2D eigenvalue weighted by atomic mass is 10.3. The van der Waals surface area contributed by atoms with Crippen LogP contribution in [0.5, 0.6) is 0 Å². The molecule has 2 nitrogen and oxygen atoms in total. The minimum Gasteiger partial charge on any atom is -0.371 e. The van der Waals surface area contributed by atoms with Gasteiger partial charge in [0.15, 0.2) is 0 Å². The van der Waals surface area contributed by atoms with Crippen molar-refractivity contribution in [3.8, 4) is 0 Å². The van der Waals surface area contributed by atoms with Gasteiger partial charge in [0, 0.05) is 18.4 Å². The van der Waals surface area contributed by atoms with E-state index in [1.807, 2.05) is 0 Å². The molecule has 0 bridgehead atoms. The fourth-order valence-corrected chi connectivity index (χ4v) is 1.66. The Kier molecular flexibility index (Phi) is 2.70. The largest absolute Gasteiger partial charge is 0.371 e. The highest BCUT2D eigenvalue weighted by atomic mass is 15.2. The average Bonchev–Trinajstić information content (AvgIpc) is 2.69. The van der Waals surface area contributed by atoms with E-state index in [1.165, 1.54) is 25.0 Å². The van der Waals surface area contributed by atoms with Gasteiger partial charge < -0.3 is 10.2 Å². The number of nitrogens with one attached hydrogen (secondary N) is 1. The zero-order valence-electron chi connectivity index (χ0n) is 7.87. The van der Waals surface area contributed by atoms with Crippen LogP contribution in [0.3, 0.4) is 0 Å². The predicted octanol–water partition coefficient (Wildman–Crippen LogP) is 1.99. The van der Waals surface area contributed by atoms with Gasteiger partial charge in [0.05, 0.1) is 6.67 Å². The zero-order valence-corrected chi connectivity index (χ0v) is 7.87. The van der Waals surface area contributed by atoms with Gasteiger partial charge in [0.25, 0.3) is 0 Å². The van der Waals surface area contributed by atoms with Crippen molar-refractivity contribution in [1.29, 1.82) is 0 Å². The van der Waals surface area contributed by atoms with Gasteiger partial charge in [-0.05, 0) is 25.3 Å². The highest BCUT2D eigenvalue weighted by Crippen LogP contribution is 2.14. The van der Waals surface area contributed by atoms with Crippen molar-refractivity contribution >= 4 is 0 Å². The molecule has 13 heavy (non-hydrogen) atoms. The van der Waals surface area contributed by atoms with Crippen LogP contribution in [0.1, 0.15) is 19.3 Å². The standard InChI is InChI=1S/C11H16N2/c1-4-8-13(9-5-1)10-12-11-6-2-3-7-11/h1,4-6,8,12H,2-3,7,9-10H2. The van der Waals surface area contributed by atoms with E-state index in [9.17, 15) is 0 Å². The average molecular weight is 176 g/mol. The summed E-state index contributed by atoms with van der Waals surface area (Å²) in [5.74, 6) is 0. The number of hydrogen-bond acceptors (Lipinski definition) is 2. The number of hydrogen-bond donors (Lipinski definition) is 1. The van der Waals surface area contributed by atoms with Gasteiger partial charge in [-0.1, -0.05) is 18.2 Å². The molecule has 0 fully saturated rings. The van der Waals surface area contributed by atoms with Crippen LogP contribution in [0.4, 0.5) is 0 Å². The Morgan fingerprint density at radius 3 is 3.08 bits per heavy atom. The van der Waals surface area contributed by atoms with Crippen LogP contribution in [0.15, 0.2) is 36.2 Å². The van der Waals surface area contributed by atoms with Crippen molar-refractivity contribution in [2.75, 3.05) is 13.2 Å². The molecule has 2 aliphatic rings. The Labute approximate surface area is 79.6 Å². The molecule has 0 aromatic carbocycles. The minimum absolute atomic E-state index is 0.937. The maximum absolute atomic E-state index is 3.45. The third-order valence-electron chi connectivity index (χ3n) is 2.43. The third kappa shape index (κ3) is 2.38. The molecular formula is C11H16N2. The molecule has 1 aliphatic carbocycles. The zero-order chi connectivity index (χ0) is 8.93. The molecule has 1 aliphatic heterocycles. The van der Waals surface area contributed by atoms with E-state index < -0.39 is 0 Å². The lowest BCUT2D eigenvalue weighted by Crippen LogP contribution is -2.30. The van der Waals surface area contributed by atoms with Crippen molar-refractivity contribution < 1.29 is 0 Å². The highest BCUT2D eigenvalue weighted by molar-refractivity contribution is 5.09. The Morgan fingerprint density at radius 2 is 2.38 bits per heavy atom. The summed E-state index contributed by atoms with van der Waals surface area (Å²) in [6.07, 6.45) is 14.6. The molecule has 0 amide bonds. The fraction of sp³-hybridized carbons (Fsp3) is 0.455. The first-order valence-electron chi connectivity index (χ1n) is 4.95. The molecule has 2 heteroatoms.